The number of benzene rings is 1. The van der Waals surface area contributed by atoms with E-state index in [1.165, 1.54) is 0 Å². The minimum atomic E-state index is -0.758. The average Bonchev–Trinajstić information content (AvgIpc) is 2.71. The van der Waals surface area contributed by atoms with Crippen LogP contribution in [0.1, 0.15) is 18.9 Å². The first-order valence-electron chi connectivity index (χ1n) is 6.32. The molecule has 2 unspecified atom stereocenters. The molecule has 0 aliphatic carbocycles. The van der Waals surface area contributed by atoms with E-state index in [1.807, 2.05) is 24.0 Å². The van der Waals surface area contributed by atoms with Crippen molar-refractivity contribution in [2.75, 3.05) is 13.7 Å². The molecule has 0 spiro atoms. The Kier molecular flexibility index (Phi) is 4.32. The number of carboxylic acid groups (broad SMARTS) is 1. The average molecular weight is 284 g/mol. The molecular weight excluding hydrogens is 266 g/mol. The summed E-state index contributed by atoms with van der Waals surface area (Å²) in [6.07, 6.45) is 0.903. The van der Waals surface area contributed by atoms with Gasteiger partial charge in [-0.05, 0) is 37.1 Å². The third kappa shape index (κ3) is 3.01. The number of nitrogens with zero attached hydrogens (tertiary/aromatic N) is 1. The fourth-order valence-electron chi connectivity index (χ4n) is 2.69. The van der Waals surface area contributed by atoms with E-state index in [-0.39, 0.29) is 5.92 Å². The smallest absolute Gasteiger partial charge is 0.321 e. The van der Waals surface area contributed by atoms with Gasteiger partial charge < -0.3 is 9.84 Å². The summed E-state index contributed by atoms with van der Waals surface area (Å²) >= 11 is 6.00. The van der Waals surface area contributed by atoms with Gasteiger partial charge in [0.25, 0.3) is 0 Å². The van der Waals surface area contributed by atoms with Crippen molar-refractivity contribution in [2.45, 2.75) is 25.9 Å². The lowest BCUT2D eigenvalue weighted by Gasteiger charge is -2.24. The van der Waals surface area contributed by atoms with Gasteiger partial charge in [0, 0.05) is 17.1 Å². The molecule has 1 heterocycles. The van der Waals surface area contributed by atoms with Crippen LogP contribution in [0.2, 0.25) is 5.02 Å². The molecule has 104 valence electrons. The van der Waals surface area contributed by atoms with Crippen molar-refractivity contribution in [1.82, 2.24) is 4.90 Å². The second kappa shape index (κ2) is 5.80. The first-order chi connectivity index (χ1) is 9.02. The van der Waals surface area contributed by atoms with Crippen LogP contribution in [-0.2, 0) is 11.3 Å². The summed E-state index contributed by atoms with van der Waals surface area (Å²) in [5.74, 6) is 0.154. The van der Waals surface area contributed by atoms with Gasteiger partial charge in [0.1, 0.15) is 11.8 Å². The van der Waals surface area contributed by atoms with Crippen LogP contribution in [-0.4, -0.2) is 35.7 Å². The maximum Gasteiger partial charge on any atom is 0.321 e. The summed E-state index contributed by atoms with van der Waals surface area (Å²) in [7, 11) is 1.61. The molecule has 1 N–H and O–H groups in total. The molecule has 1 aliphatic rings. The van der Waals surface area contributed by atoms with Crippen LogP contribution in [0, 0.1) is 5.92 Å². The number of aliphatic carboxylic acids is 1. The van der Waals surface area contributed by atoms with Crippen molar-refractivity contribution in [2.24, 2.45) is 5.92 Å². The summed E-state index contributed by atoms with van der Waals surface area (Å²) in [6.45, 7) is 3.31. The monoisotopic (exact) mass is 283 g/mol. The summed E-state index contributed by atoms with van der Waals surface area (Å²) in [5.41, 5.74) is 0.926. The maximum atomic E-state index is 11.3. The van der Waals surface area contributed by atoms with Gasteiger partial charge in [-0.2, -0.15) is 0 Å². The van der Waals surface area contributed by atoms with E-state index in [0.29, 0.717) is 11.6 Å². The fourth-order valence-corrected chi connectivity index (χ4v) is 2.89. The largest absolute Gasteiger partial charge is 0.496 e. The molecular formula is C14H18ClNO3. The molecule has 1 aliphatic heterocycles. The van der Waals surface area contributed by atoms with E-state index >= 15 is 0 Å². The number of rotatable bonds is 4. The maximum absolute atomic E-state index is 11.3. The molecule has 0 radical (unpaired) electrons. The minimum Gasteiger partial charge on any atom is -0.496 e. The van der Waals surface area contributed by atoms with Gasteiger partial charge in [0.05, 0.1) is 7.11 Å². The Morgan fingerprint density at radius 3 is 2.95 bits per heavy atom. The van der Waals surface area contributed by atoms with Crippen LogP contribution in [0.15, 0.2) is 18.2 Å². The third-order valence-corrected chi connectivity index (χ3v) is 3.91. The molecule has 1 saturated heterocycles. The lowest BCUT2D eigenvalue weighted by atomic mass is 10.0. The third-order valence-electron chi connectivity index (χ3n) is 3.67. The lowest BCUT2D eigenvalue weighted by molar-refractivity contribution is -0.143. The number of halogens is 1. The SMILES string of the molecule is COc1ccc(Cl)cc1CN1CCC(C)C1C(=O)O. The summed E-state index contributed by atoms with van der Waals surface area (Å²) in [5, 5.41) is 9.95. The number of methoxy groups -OCH3 is 1. The highest BCUT2D eigenvalue weighted by molar-refractivity contribution is 6.30. The molecule has 4 nitrogen and oxygen atoms in total. The van der Waals surface area contributed by atoms with Crippen molar-refractivity contribution in [3.8, 4) is 5.75 Å². The van der Waals surface area contributed by atoms with Crippen molar-refractivity contribution in [3.63, 3.8) is 0 Å². The first-order valence-corrected chi connectivity index (χ1v) is 6.70. The van der Waals surface area contributed by atoms with E-state index < -0.39 is 12.0 Å². The number of ether oxygens (including phenoxy) is 1. The van der Waals surface area contributed by atoms with Crippen LogP contribution in [0.4, 0.5) is 0 Å². The van der Waals surface area contributed by atoms with Crippen molar-refractivity contribution >= 4 is 17.6 Å². The van der Waals surface area contributed by atoms with Crippen LogP contribution >= 0.6 is 11.6 Å². The number of carboxylic acids is 1. The Morgan fingerprint density at radius 1 is 1.58 bits per heavy atom. The molecule has 5 heteroatoms. The number of carbonyl (C=O) groups is 1. The number of likely N-dealkylation sites (tertiary alicyclic amines) is 1. The second-order valence-corrected chi connectivity index (χ2v) is 5.41. The highest BCUT2D eigenvalue weighted by atomic mass is 35.5. The van der Waals surface area contributed by atoms with Gasteiger partial charge in [0.2, 0.25) is 0 Å². The molecule has 1 aromatic rings. The minimum absolute atomic E-state index is 0.169. The molecule has 1 fully saturated rings. The van der Waals surface area contributed by atoms with E-state index in [4.69, 9.17) is 16.3 Å². The molecule has 1 aromatic carbocycles. The van der Waals surface area contributed by atoms with Crippen molar-refractivity contribution < 1.29 is 14.6 Å². The van der Waals surface area contributed by atoms with E-state index in [9.17, 15) is 9.90 Å². The Bertz CT molecular complexity index is 478. The second-order valence-electron chi connectivity index (χ2n) is 4.98. The Hall–Kier alpha value is -1.26. The van der Waals surface area contributed by atoms with Gasteiger partial charge in [-0.25, -0.2) is 0 Å². The topological polar surface area (TPSA) is 49.8 Å². The zero-order chi connectivity index (χ0) is 14.0. The van der Waals surface area contributed by atoms with Gasteiger partial charge in [-0.3, -0.25) is 9.69 Å². The Morgan fingerprint density at radius 2 is 2.32 bits per heavy atom. The lowest BCUT2D eigenvalue weighted by Crippen LogP contribution is -2.38. The van der Waals surface area contributed by atoms with Gasteiger partial charge in [0.15, 0.2) is 0 Å². The van der Waals surface area contributed by atoms with E-state index in [2.05, 4.69) is 0 Å². The molecule has 0 amide bonds. The molecule has 0 aromatic heterocycles. The highest BCUT2D eigenvalue weighted by Crippen LogP contribution is 2.30. The molecule has 0 bridgehead atoms. The Balaban J connectivity index is 2.21. The predicted octanol–water partition coefficient (Wildman–Crippen LogP) is 2.64. The van der Waals surface area contributed by atoms with E-state index in [1.54, 1.807) is 13.2 Å². The van der Waals surface area contributed by atoms with Crippen LogP contribution in [0.25, 0.3) is 0 Å². The predicted molar refractivity (Wildman–Crippen MR) is 73.6 cm³/mol. The summed E-state index contributed by atoms with van der Waals surface area (Å²) < 4.78 is 5.30. The summed E-state index contributed by atoms with van der Waals surface area (Å²) in [6, 6.07) is 4.99. The standard InChI is InChI=1S/C14H18ClNO3/c1-9-5-6-16(13(9)14(17)18)8-10-7-11(15)3-4-12(10)19-2/h3-4,7,9,13H,5-6,8H2,1-2H3,(H,17,18). The molecule has 2 atom stereocenters. The number of hydrogen-bond donors (Lipinski definition) is 1. The van der Waals surface area contributed by atoms with Gasteiger partial charge >= 0.3 is 5.97 Å². The highest BCUT2D eigenvalue weighted by Gasteiger charge is 2.36. The zero-order valence-corrected chi connectivity index (χ0v) is 11.9. The fraction of sp³-hybridized carbons (Fsp3) is 0.500. The van der Waals surface area contributed by atoms with Gasteiger partial charge in [-0.1, -0.05) is 18.5 Å². The quantitative estimate of drug-likeness (QED) is 0.923. The first kappa shape index (κ1) is 14.2. The molecule has 2 rings (SSSR count). The van der Waals surface area contributed by atoms with Gasteiger partial charge in [-0.15, -0.1) is 0 Å². The molecule has 19 heavy (non-hydrogen) atoms. The Labute approximate surface area is 117 Å². The van der Waals surface area contributed by atoms with E-state index in [0.717, 1.165) is 24.3 Å². The van der Waals surface area contributed by atoms with Crippen LogP contribution in [0.3, 0.4) is 0 Å². The summed E-state index contributed by atoms with van der Waals surface area (Å²) in [4.78, 5) is 13.3. The van der Waals surface area contributed by atoms with Crippen molar-refractivity contribution in [1.29, 1.82) is 0 Å². The zero-order valence-electron chi connectivity index (χ0n) is 11.1. The molecule has 0 saturated carbocycles. The normalized spacial score (nSPS) is 23.5. The van der Waals surface area contributed by atoms with Crippen LogP contribution in [0.5, 0.6) is 5.75 Å². The van der Waals surface area contributed by atoms with Crippen molar-refractivity contribution in [3.05, 3.63) is 28.8 Å². The van der Waals surface area contributed by atoms with Crippen LogP contribution < -0.4 is 4.74 Å². The number of hydrogen-bond acceptors (Lipinski definition) is 3.